The van der Waals surface area contributed by atoms with Crippen LogP contribution in [0.1, 0.15) is 16.2 Å². The Labute approximate surface area is 248 Å². The number of rotatable bonds is 8. The second-order valence-electron chi connectivity index (χ2n) is 9.75. The second kappa shape index (κ2) is 12.6. The highest BCUT2D eigenvalue weighted by Crippen LogP contribution is 2.33. The third kappa shape index (κ3) is 6.14. The summed E-state index contributed by atoms with van der Waals surface area (Å²) in [7, 11) is 0. The van der Waals surface area contributed by atoms with Crippen molar-refractivity contribution in [2.45, 2.75) is 13.0 Å². The molecule has 2 N–H and O–H groups in total. The minimum atomic E-state index is -0.732. The molecule has 1 unspecified atom stereocenters. The Kier molecular flexibility index (Phi) is 8.98. The van der Waals surface area contributed by atoms with Crippen molar-refractivity contribution in [2.75, 3.05) is 44.2 Å². The third-order valence-electron chi connectivity index (χ3n) is 7.06. The molecule has 1 fully saturated rings. The van der Waals surface area contributed by atoms with Crippen LogP contribution in [0, 0.1) is 6.92 Å². The molecule has 7 nitrogen and oxygen atoms in total. The molecule has 5 rings (SSSR count). The molecule has 40 heavy (non-hydrogen) atoms. The van der Waals surface area contributed by atoms with Crippen LogP contribution in [0.4, 0.5) is 5.69 Å². The predicted octanol–water partition coefficient (Wildman–Crippen LogP) is 5.72. The molecular weight excluding hydrogens is 569 g/mol. The second-order valence-corrected chi connectivity index (χ2v) is 10.9. The number of carbonyl (C=O) groups is 1. The molecule has 1 aromatic heterocycles. The summed E-state index contributed by atoms with van der Waals surface area (Å²) in [5.74, 6) is 0.273. The van der Waals surface area contributed by atoms with Crippen molar-refractivity contribution < 1.29 is 9.90 Å². The van der Waals surface area contributed by atoms with Crippen LogP contribution >= 0.6 is 34.8 Å². The van der Waals surface area contributed by atoms with E-state index in [1.807, 2.05) is 78.2 Å². The van der Waals surface area contributed by atoms with Gasteiger partial charge in [0.25, 0.3) is 5.91 Å². The average molecular weight is 599 g/mol. The van der Waals surface area contributed by atoms with Gasteiger partial charge in [-0.1, -0.05) is 83.3 Å². The van der Waals surface area contributed by atoms with Gasteiger partial charge < -0.3 is 15.3 Å². The topological polar surface area (TPSA) is 73.6 Å². The van der Waals surface area contributed by atoms with Crippen LogP contribution in [0.25, 0.3) is 17.1 Å². The number of carbonyl (C=O) groups excluding carboxylic acids is 1. The van der Waals surface area contributed by atoms with E-state index in [1.165, 1.54) is 0 Å². The number of imidazole rings is 1. The largest absolute Gasteiger partial charge is 0.390 e. The number of aliphatic hydroxyl groups is 1. The van der Waals surface area contributed by atoms with E-state index in [2.05, 4.69) is 15.1 Å². The fourth-order valence-electron chi connectivity index (χ4n) is 4.99. The zero-order chi connectivity index (χ0) is 28.2. The first-order valence-corrected chi connectivity index (χ1v) is 14.2. The van der Waals surface area contributed by atoms with Crippen LogP contribution < -0.4 is 10.2 Å². The maximum atomic E-state index is 13.3. The van der Waals surface area contributed by atoms with Crippen molar-refractivity contribution in [3.63, 3.8) is 0 Å². The number of anilines is 1. The van der Waals surface area contributed by atoms with Crippen molar-refractivity contribution in [3.8, 4) is 17.1 Å². The van der Waals surface area contributed by atoms with Crippen LogP contribution in [0.5, 0.6) is 0 Å². The van der Waals surface area contributed by atoms with Gasteiger partial charge in [0.1, 0.15) is 11.5 Å². The Morgan fingerprint density at radius 3 is 2.27 bits per heavy atom. The number of halogens is 3. The lowest BCUT2D eigenvalue weighted by Crippen LogP contribution is -2.50. The molecule has 1 amide bonds. The molecule has 0 saturated carbocycles. The van der Waals surface area contributed by atoms with Gasteiger partial charge in [0.15, 0.2) is 0 Å². The Morgan fingerprint density at radius 1 is 0.900 bits per heavy atom. The number of amides is 1. The summed E-state index contributed by atoms with van der Waals surface area (Å²) in [5.41, 5.74) is 3.48. The number of β-amino-alcohol motifs (C(OH)–C–C–N with tert-alkyl or cyclic N) is 1. The van der Waals surface area contributed by atoms with Crippen molar-refractivity contribution in [1.29, 1.82) is 0 Å². The number of hydrogen-bond donors (Lipinski definition) is 2. The molecule has 1 saturated heterocycles. The molecule has 0 spiro atoms. The molecule has 3 aromatic carbocycles. The van der Waals surface area contributed by atoms with Gasteiger partial charge in [0.2, 0.25) is 0 Å². The van der Waals surface area contributed by atoms with E-state index >= 15 is 0 Å². The zero-order valence-electron chi connectivity index (χ0n) is 22.0. The zero-order valence-corrected chi connectivity index (χ0v) is 24.3. The lowest BCUT2D eigenvalue weighted by Gasteiger charge is -2.37. The van der Waals surface area contributed by atoms with Gasteiger partial charge in [-0.05, 0) is 31.2 Å². The van der Waals surface area contributed by atoms with Crippen molar-refractivity contribution >= 4 is 46.4 Å². The number of aromatic nitrogens is 2. The van der Waals surface area contributed by atoms with Crippen molar-refractivity contribution in [3.05, 3.63) is 99.3 Å². The van der Waals surface area contributed by atoms with E-state index in [4.69, 9.17) is 39.8 Å². The van der Waals surface area contributed by atoms with Gasteiger partial charge >= 0.3 is 0 Å². The number of para-hydroxylation sites is 1. The van der Waals surface area contributed by atoms with E-state index in [1.54, 1.807) is 6.07 Å². The number of nitrogens with one attached hydrogen (secondary N) is 1. The molecule has 2 heterocycles. The van der Waals surface area contributed by atoms with Gasteiger partial charge in [-0.25, -0.2) is 4.98 Å². The van der Waals surface area contributed by atoms with E-state index in [9.17, 15) is 9.90 Å². The third-order valence-corrected chi connectivity index (χ3v) is 8.19. The molecule has 1 aliphatic rings. The molecule has 0 aliphatic carbocycles. The quantitative estimate of drug-likeness (QED) is 0.271. The normalized spacial score (nSPS) is 14.8. The highest BCUT2D eigenvalue weighted by Gasteiger charge is 2.25. The van der Waals surface area contributed by atoms with Gasteiger partial charge in [0.05, 0.1) is 38.2 Å². The Morgan fingerprint density at radius 2 is 1.55 bits per heavy atom. The van der Waals surface area contributed by atoms with Crippen LogP contribution in [-0.4, -0.2) is 70.8 Å². The fourth-order valence-corrected chi connectivity index (χ4v) is 5.63. The number of piperazine rings is 1. The van der Waals surface area contributed by atoms with Gasteiger partial charge in [-0.15, -0.1) is 0 Å². The Hall–Kier alpha value is -3.07. The van der Waals surface area contributed by atoms with Crippen molar-refractivity contribution in [1.82, 2.24) is 19.8 Å². The van der Waals surface area contributed by atoms with E-state index in [-0.39, 0.29) is 18.1 Å². The summed E-state index contributed by atoms with van der Waals surface area (Å²) in [5, 5.41) is 15.3. The fraction of sp³-hybridized carbons (Fsp3) is 0.267. The van der Waals surface area contributed by atoms with E-state index in [0.717, 1.165) is 43.1 Å². The lowest BCUT2D eigenvalue weighted by molar-refractivity contribution is 0.0847. The molecule has 1 atom stereocenters. The maximum Gasteiger partial charge on any atom is 0.271 e. The highest BCUT2D eigenvalue weighted by molar-refractivity contribution is 6.43. The van der Waals surface area contributed by atoms with Crippen LogP contribution in [-0.2, 0) is 0 Å². The molecule has 0 radical (unpaired) electrons. The summed E-state index contributed by atoms with van der Waals surface area (Å²) in [6, 6.07) is 22.8. The van der Waals surface area contributed by atoms with Gasteiger partial charge in [0, 0.05) is 44.8 Å². The van der Waals surface area contributed by atoms with E-state index < -0.39 is 6.10 Å². The molecule has 208 valence electrons. The Balaban J connectivity index is 1.23. The monoisotopic (exact) mass is 597 g/mol. The molecular formula is C30H30Cl3N5O2. The molecule has 0 bridgehead atoms. The summed E-state index contributed by atoms with van der Waals surface area (Å²) >= 11 is 19.1. The van der Waals surface area contributed by atoms with Crippen LogP contribution in [0.15, 0.2) is 72.8 Å². The minimum absolute atomic E-state index is 0.109. The molecule has 10 heteroatoms. The van der Waals surface area contributed by atoms with Crippen LogP contribution in [0.3, 0.4) is 0 Å². The smallest absolute Gasteiger partial charge is 0.271 e. The highest BCUT2D eigenvalue weighted by atomic mass is 35.5. The standard InChI is InChI=1S/C30H30Cl3N5O2/c1-20-28(35-29(21-8-3-2-4-9-21)38(20)25-12-6-5-10-23(25)31)30(40)34-18-22(39)19-36-14-16-37(17-15-36)26-13-7-11-24(32)27(26)33/h2-13,22,39H,14-19H2,1H3,(H,34,40). The van der Waals surface area contributed by atoms with E-state index in [0.29, 0.717) is 33.1 Å². The average Bonchev–Trinajstić information content (AvgIpc) is 3.31. The molecule has 1 aliphatic heterocycles. The predicted molar refractivity (Wildman–Crippen MR) is 162 cm³/mol. The van der Waals surface area contributed by atoms with Gasteiger partial charge in [-0.2, -0.15) is 0 Å². The SMILES string of the molecule is Cc1c(C(=O)NCC(O)CN2CCN(c3cccc(Cl)c3Cl)CC2)nc(-c2ccccc2)n1-c1ccccc1Cl. The minimum Gasteiger partial charge on any atom is -0.390 e. The van der Waals surface area contributed by atoms with Crippen molar-refractivity contribution in [2.24, 2.45) is 0 Å². The number of aliphatic hydroxyl groups excluding tert-OH is 1. The first-order chi connectivity index (χ1) is 19.3. The number of hydrogen-bond acceptors (Lipinski definition) is 5. The van der Waals surface area contributed by atoms with Crippen LogP contribution in [0.2, 0.25) is 15.1 Å². The Bertz CT molecular complexity index is 1490. The summed E-state index contributed by atoms with van der Waals surface area (Å²) in [6.07, 6.45) is -0.732. The lowest BCUT2D eigenvalue weighted by atomic mass is 10.2. The summed E-state index contributed by atoms with van der Waals surface area (Å²) < 4.78 is 1.90. The first kappa shape index (κ1) is 28.5. The number of benzene rings is 3. The summed E-state index contributed by atoms with van der Waals surface area (Å²) in [4.78, 5) is 22.3. The number of nitrogens with zero attached hydrogens (tertiary/aromatic N) is 4. The maximum absolute atomic E-state index is 13.3. The van der Waals surface area contributed by atoms with Gasteiger partial charge in [-0.3, -0.25) is 14.3 Å². The summed E-state index contributed by atoms with van der Waals surface area (Å²) in [6.45, 7) is 5.45. The molecule has 4 aromatic rings. The first-order valence-electron chi connectivity index (χ1n) is 13.1.